The van der Waals surface area contributed by atoms with Crippen LogP contribution >= 0.6 is 0 Å². The van der Waals surface area contributed by atoms with Crippen molar-refractivity contribution in [2.75, 3.05) is 43.1 Å². The second-order valence-corrected chi connectivity index (χ2v) is 7.11. The first-order chi connectivity index (χ1) is 12.9. The van der Waals surface area contributed by atoms with Crippen molar-refractivity contribution >= 4 is 23.5 Å². The second kappa shape index (κ2) is 8.30. The summed E-state index contributed by atoms with van der Waals surface area (Å²) in [5.74, 6) is 1.39. The number of nitrogens with one attached hydrogen (secondary N) is 1. The predicted octanol–water partition coefficient (Wildman–Crippen LogP) is 1.93. The van der Waals surface area contributed by atoms with E-state index < -0.39 is 0 Å². The molecule has 3 N–H and O–H groups in total. The zero-order chi connectivity index (χ0) is 19.4. The van der Waals surface area contributed by atoms with Crippen LogP contribution in [0.25, 0.3) is 0 Å². The molecule has 0 saturated carbocycles. The van der Waals surface area contributed by atoms with E-state index >= 15 is 0 Å². The van der Waals surface area contributed by atoms with Gasteiger partial charge in [-0.25, -0.2) is 0 Å². The summed E-state index contributed by atoms with van der Waals surface area (Å²) in [5, 5.41) is 3.01. The average molecular weight is 369 g/mol. The van der Waals surface area contributed by atoms with E-state index in [2.05, 4.69) is 25.2 Å². The normalized spacial score (nSPS) is 18.7. The van der Waals surface area contributed by atoms with Crippen LogP contribution in [-0.2, 0) is 4.79 Å². The van der Waals surface area contributed by atoms with Crippen molar-refractivity contribution in [1.82, 2.24) is 19.9 Å². The molecule has 1 aromatic carbocycles. The van der Waals surface area contributed by atoms with Crippen LogP contribution in [0.3, 0.4) is 0 Å². The van der Waals surface area contributed by atoms with Crippen LogP contribution in [-0.4, -0.2) is 52.9 Å². The lowest BCUT2D eigenvalue weighted by Crippen LogP contribution is -2.42. The van der Waals surface area contributed by atoms with Crippen LogP contribution < -0.4 is 16.0 Å². The van der Waals surface area contributed by atoms with E-state index in [0.29, 0.717) is 18.3 Å². The highest BCUT2D eigenvalue weighted by Gasteiger charge is 2.30. The summed E-state index contributed by atoms with van der Waals surface area (Å²) in [6, 6.07) is 9.52. The van der Waals surface area contributed by atoms with Crippen LogP contribution in [0.2, 0.25) is 0 Å². The number of para-hydroxylation sites is 1. The molecule has 1 fully saturated rings. The third-order valence-electron chi connectivity index (χ3n) is 4.84. The number of hydrogen-bond acceptors (Lipinski definition) is 7. The summed E-state index contributed by atoms with van der Waals surface area (Å²) in [4.78, 5) is 29.7. The van der Waals surface area contributed by atoms with E-state index in [1.165, 1.54) is 0 Å². The highest BCUT2D eigenvalue weighted by Crippen LogP contribution is 2.26. The van der Waals surface area contributed by atoms with Crippen molar-refractivity contribution in [2.45, 2.75) is 25.8 Å². The number of nitrogen functional groups attached to an aromatic ring is 1. The van der Waals surface area contributed by atoms with Gasteiger partial charge in [-0.05, 0) is 38.4 Å². The lowest BCUT2D eigenvalue weighted by molar-refractivity contribution is -0.121. The molecule has 0 aliphatic carbocycles. The van der Waals surface area contributed by atoms with E-state index in [4.69, 9.17) is 5.73 Å². The van der Waals surface area contributed by atoms with E-state index in [0.717, 1.165) is 25.1 Å². The Bertz CT molecular complexity index is 781. The number of nitrogens with two attached hydrogens (primary N) is 1. The van der Waals surface area contributed by atoms with Gasteiger partial charge in [-0.15, -0.1) is 0 Å². The van der Waals surface area contributed by atoms with Crippen molar-refractivity contribution in [3.8, 4) is 0 Å². The van der Waals surface area contributed by atoms with Crippen LogP contribution in [0.5, 0.6) is 0 Å². The van der Waals surface area contributed by atoms with Gasteiger partial charge in [0.2, 0.25) is 17.8 Å². The summed E-state index contributed by atoms with van der Waals surface area (Å²) >= 11 is 0. The quantitative estimate of drug-likeness (QED) is 0.830. The maximum atomic E-state index is 12.7. The van der Waals surface area contributed by atoms with Crippen molar-refractivity contribution in [1.29, 1.82) is 0 Å². The molecule has 0 spiro atoms. The number of carbonyl (C=O) groups is 1. The first-order valence-electron chi connectivity index (χ1n) is 9.23. The fourth-order valence-corrected chi connectivity index (χ4v) is 3.29. The summed E-state index contributed by atoms with van der Waals surface area (Å²) in [6.07, 6.45) is 1.84. The smallest absolute Gasteiger partial charge is 0.229 e. The second-order valence-electron chi connectivity index (χ2n) is 7.11. The number of rotatable bonds is 5. The molecule has 3 rings (SSSR count). The monoisotopic (exact) mass is 369 g/mol. The maximum Gasteiger partial charge on any atom is 0.229 e. The molecule has 2 aromatic rings. The molecule has 8 heteroatoms. The standard InChI is InChI=1S/C19H27N7O/c1-13(16-22-18(20)24-19(23-16)25(2)3)26-11-7-8-14(12-26)17(27)21-15-9-5-4-6-10-15/h4-6,9-10,13-14H,7-8,11-12H2,1-3H3,(H,21,27)(H2,20,22,23,24)/t13-,14-/m1/s1. The Morgan fingerprint density at radius 3 is 2.70 bits per heavy atom. The Morgan fingerprint density at radius 2 is 2.00 bits per heavy atom. The lowest BCUT2D eigenvalue weighted by atomic mass is 9.95. The van der Waals surface area contributed by atoms with Gasteiger partial charge in [0.05, 0.1) is 12.0 Å². The van der Waals surface area contributed by atoms with Gasteiger partial charge in [0.15, 0.2) is 5.82 Å². The molecular formula is C19H27N7O. The molecule has 0 radical (unpaired) electrons. The van der Waals surface area contributed by atoms with Gasteiger partial charge in [-0.3, -0.25) is 9.69 Å². The molecule has 144 valence electrons. The molecule has 1 saturated heterocycles. The number of anilines is 3. The maximum absolute atomic E-state index is 12.7. The van der Waals surface area contributed by atoms with Gasteiger partial charge in [0, 0.05) is 26.3 Å². The predicted molar refractivity (Wildman–Crippen MR) is 106 cm³/mol. The molecular weight excluding hydrogens is 342 g/mol. The first-order valence-corrected chi connectivity index (χ1v) is 9.23. The fraction of sp³-hybridized carbons (Fsp3) is 0.474. The van der Waals surface area contributed by atoms with Gasteiger partial charge in [0.25, 0.3) is 0 Å². The number of piperidine rings is 1. The van der Waals surface area contributed by atoms with Crippen LogP contribution in [0.1, 0.15) is 31.6 Å². The molecule has 1 aliphatic heterocycles. The highest BCUT2D eigenvalue weighted by molar-refractivity contribution is 5.92. The Morgan fingerprint density at radius 1 is 1.26 bits per heavy atom. The SMILES string of the molecule is C[C@H](c1nc(N)nc(N(C)C)n1)N1CCC[C@@H](C(=O)Nc2ccccc2)C1. The van der Waals surface area contributed by atoms with Gasteiger partial charge in [0.1, 0.15) is 0 Å². The minimum atomic E-state index is -0.0612. The Labute approximate surface area is 159 Å². The molecule has 27 heavy (non-hydrogen) atoms. The Kier molecular flexibility index (Phi) is 5.85. The zero-order valence-corrected chi connectivity index (χ0v) is 16.1. The summed E-state index contributed by atoms with van der Waals surface area (Å²) in [7, 11) is 3.74. The molecule has 2 atom stereocenters. The fourth-order valence-electron chi connectivity index (χ4n) is 3.29. The summed E-state index contributed by atoms with van der Waals surface area (Å²) in [6.45, 7) is 3.62. The van der Waals surface area contributed by atoms with Gasteiger partial charge in [-0.1, -0.05) is 18.2 Å². The third kappa shape index (κ3) is 4.71. The minimum absolute atomic E-state index is 0.0404. The van der Waals surface area contributed by atoms with Crippen LogP contribution in [0.4, 0.5) is 17.6 Å². The number of aromatic nitrogens is 3. The van der Waals surface area contributed by atoms with E-state index in [1.54, 1.807) is 4.90 Å². The number of carbonyl (C=O) groups excluding carboxylic acids is 1. The number of amides is 1. The number of nitrogens with zero attached hydrogens (tertiary/aromatic N) is 5. The number of benzene rings is 1. The number of hydrogen-bond donors (Lipinski definition) is 2. The molecule has 1 aromatic heterocycles. The van der Waals surface area contributed by atoms with Crippen LogP contribution in [0.15, 0.2) is 30.3 Å². The van der Waals surface area contributed by atoms with Crippen LogP contribution in [0, 0.1) is 5.92 Å². The zero-order valence-electron chi connectivity index (χ0n) is 16.1. The largest absolute Gasteiger partial charge is 0.368 e. The summed E-state index contributed by atoms with van der Waals surface area (Å²) < 4.78 is 0. The van der Waals surface area contributed by atoms with Gasteiger partial charge >= 0.3 is 0 Å². The van der Waals surface area contributed by atoms with Crippen molar-refractivity contribution in [3.63, 3.8) is 0 Å². The average Bonchev–Trinajstić information content (AvgIpc) is 2.67. The highest BCUT2D eigenvalue weighted by atomic mass is 16.1. The lowest BCUT2D eigenvalue weighted by Gasteiger charge is -2.35. The molecule has 2 heterocycles. The third-order valence-corrected chi connectivity index (χ3v) is 4.84. The first kappa shape index (κ1) is 19.0. The van der Waals surface area contributed by atoms with E-state index in [9.17, 15) is 4.79 Å². The van der Waals surface area contributed by atoms with E-state index in [-0.39, 0.29) is 23.8 Å². The molecule has 1 aliphatic rings. The van der Waals surface area contributed by atoms with Crippen molar-refractivity contribution < 1.29 is 4.79 Å². The molecule has 0 unspecified atom stereocenters. The van der Waals surface area contributed by atoms with Crippen molar-refractivity contribution in [3.05, 3.63) is 36.2 Å². The molecule has 0 bridgehead atoms. The minimum Gasteiger partial charge on any atom is -0.368 e. The topological polar surface area (TPSA) is 100 Å². The van der Waals surface area contributed by atoms with Crippen molar-refractivity contribution in [2.24, 2.45) is 5.92 Å². The molecule has 1 amide bonds. The van der Waals surface area contributed by atoms with Gasteiger partial charge in [-0.2, -0.15) is 15.0 Å². The Balaban J connectivity index is 1.69. The Hall–Kier alpha value is -2.74. The van der Waals surface area contributed by atoms with E-state index in [1.807, 2.05) is 51.4 Å². The summed E-state index contributed by atoms with van der Waals surface area (Å²) in [5.41, 5.74) is 6.68. The number of likely N-dealkylation sites (tertiary alicyclic amines) is 1. The van der Waals surface area contributed by atoms with Gasteiger partial charge < -0.3 is 16.0 Å². The molecule has 8 nitrogen and oxygen atoms in total.